The topological polar surface area (TPSA) is 98.5 Å². The van der Waals surface area contributed by atoms with Gasteiger partial charge in [0.05, 0.1) is 6.20 Å². The summed E-state index contributed by atoms with van der Waals surface area (Å²) in [6.45, 7) is 6.77. The number of anilines is 2. The molecule has 0 spiro atoms. The zero-order valence-corrected chi connectivity index (χ0v) is 17.2. The molecule has 1 aliphatic rings. The molecule has 1 fully saturated rings. The standard InChI is InChI=1S/C19H24N6O.C2H6O/c1-2-15-13-22-25-16(20-11-14-6-7-18(26)21-12-14)10-17(23-19(15)25)24-8-4-3-5-9-24;1-2-3/h6-7,10,12-13,20H,2-5,8-9,11H2,1H3,(H,21,26);3H,2H2,1H3. The zero-order valence-electron chi connectivity index (χ0n) is 17.2. The first-order chi connectivity index (χ1) is 14.2. The van der Waals surface area contributed by atoms with Gasteiger partial charge >= 0.3 is 0 Å². The van der Waals surface area contributed by atoms with Crippen LogP contribution in [0.25, 0.3) is 5.65 Å². The molecule has 0 saturated carbocycles. The number of aliphatic hydroxyl groups is 1. The lowest BCUT2D eigenvalue weighted by Gasteiger charge is -2.28. The van der Waals surface area contributed by atoms with Crippen molar-refractivity contribution in [1.82, 2.24) is 19.6 Å². The lowest BCUT2D eigenvalue weighted by atomic mass is 10.1. The molecule has 3 aromatic rings. The van der Waals surface area contributed by atoms with Crippen molar-refractivity contribution in [3.8, 4) is 0 Å². The molecule has 29 heavy (non-hydrogen) atoms. The maximum absolute atomic E-state index is 11.2. The first-order valence-electron chi connectivity index (χ1n) is 10.3. The van der Waals surface area contributed by atoms with Crippen LogP contribution in [0.4, 0.5) is 11.6 Å². The van der Waals surface area contributed by atoms with Gasteiger partial charge in [0.1, 0.15) is 11.6 Å². The molecule has 0 radical (unpaired) electrons. The minimum Gasteiger partial charge on any atom is -0.397 e. The fourth-order valence-corrected chi connectivity index (χ4v) is 3.40. The number of aryl methyl sites for hydroxylation is 1. The highest BCUT2D eigenvalue weighted by molar-refractivity contribution is 5.61. The molecule has 4 heterocycles. The van der Waals surface area contributed by atoms with Gasteiger partial charge < -0.3 is 20.3 Å². The summed E-state index contributed by atoms with van der Waals surface area (Å²) in [5.41, 5.74) is 2.99. The van der Waals surface area contributed by atoms with E-state index in [1.165, 1.54) is 19.3 Å². The maximum atomic E-state index is 11.2. The van der Waals surface area contributed by atoms with Crippen molar-refractivity contribution in [3.63, 3.8) is 0 Å². The van der Waals surface area contributed by atoms with E-state index in [0.717, 1.165) is 47.9 Å². The second-order valence-corrected chi connectivity index (χ2v) is 7.04. The Hall–Kier alpha value is -2.87. The lowest BCUT2D eigenvalue weighted by molar-refractivity contribution is 0.318. The van der Waals surface area contributed by atoms with Crippen LogP contribution in [0.1, 0.15) is 44.2 Å². The van der Waals surface area contributed by atoms with Gasteiger partial charge in [0.2, 0.25) is 5.56 Å². The van der Waals surface area contributed by atoms with Gasteiger partial charge in [-0.3, -0.25) is 4.79 Å². The molecule has 1 saturated heterocycles. The number of nitrogens with one attached hydrogen (secondary N) is 2. The SMILES string of the molecule is CCO.CCc1cnn2c(NCc3ccc(=O)[nH]c3)cc(N3CCCCC3)nc12. The van der Waals surface area contributed by atoms with Gasteiger partial charge in [-0.15, -0.1) is 0 Å². The summed E-state index contributed by atoms with van der Waals surface area (Å²) in [4.78, 5) is 21.2. The van der Waals surface area contributed by atoms with E-state index in [9.17, 15) is 4.79 Å². The number of piperidine rings is 1. The number of pyridine rings is 1. The summed E-state index contributed by atoms with van der Waals surface area (Å²) in [5.74, 6) is 1.93. The average molecular weight is 399 g/mol. The third-order valence-corrected chi connectivity index (χ3v) is 4.91. The number of hydrogen-bond donors (Lipinski definition) is 3. The molecule has 0 aromatic carbocycles. The maximum Gasteiger partial charge on any atom is 0.247 e. The summed E-state index contributed by atoms with van der Waals surface area (Å²) >= 11 is 0. The molecule has 0 bridgehead atoms. The Balaban J connectivity index is 0.000000755. The predicted molar refractivity (Wildman–Crippen MR) is 116 cm³/mol. The smallest absolute Gasteiger partial charge is 0.247 e. The Morgan fingerprint density at radius 2 is 1.97 bits per heavy atom. The Morgan fingerprint density at radius 1 is 1.21 bits per heavy atom. The van der Waals surface area contributed by atoms with Crippen molar-refractivity contribution in [1.29, 1.82) is 0 Å². The van der Waals surface area contributed by atoms with Crippen LogP contribution in [-0.4, -0.2) is 44.4 Å². The van der Waals surface area contributed by atoms with Crippen molar-refractivity contribution in [2.75, 3.05) is 29.9 Å². The van der Waals surface area contributed by atoms with Crippen LogP contribution in [0.15, 0.2) is 35.4 Å². The van der Waals surface area contributed by atoms with Crippen molar-refractivity contribution in [3.05, 3.63) is 52.1 Å². The second-order valence-electron chi connectivity index (χ2n) is 7.04. The van der Waals surface area contributed by atoms with Crippen LogP contribution in [-0.2, 0) is 13.0 Å². The Labute approximate surface area is 170 Å². The number of rotatable bonds is 5. The minimum atomic E-state index is -0.0906. The molecule has 0 atom stereocenters. The van der Waals surface area contributed by atoms with Gasteiger partial charge in [-0.05, 0) is 38.2 Å². The highest BCUT2D eigenvalue weighted by Crippen LogP contribution is 2.24. The van der Waals surface area contributed by atoms with E-state index in [4.69, 9.17) is 10.1 Å². The third-order valence-electron chi connectivity index (χ3n) is 4.91. The van der Waals surface area contributed by atoms with Crippen LogP contribution in [0, 0.1) is 0 Å². The molecular formula is C21H30N6O2. The number of aromatic nitrogens is 4. The van der Waals surface area contributed by atoms with Crippen molar-refractivity contribution < 1.29 is 5.11 Å². The zero-order chi connectivity index (χ0) is 20.6. The largest absolute Gasteiger partial charge is 0.397 e. The number of hydrogen-bond acceptors (Lipinski definition) is 6. The van der Waals surface area contributed by atoms with Crippen molar-refractivity contribution in [2.24, 2.45) is 0 Å². The number of H-pyrrole nitrogens is 1. The molecule has 3 aromatic heterocycles. The summed E-state index contributed by atoms with van der Waals surface area (Å²) in [6.07, 6.45) is 8.26. The highest BCUT2D eigenvalue weighted by Gasteiger charge is 2.17. The molecule has 1 aliphatic heterocycles. The number of aromatic amines is 1. The summed E-state index contributed by atoms with van der Waals surface area (Å²) in [6, 6.07) is 5.45. The Morgan fingerprint density at radius 3 is 2.62 bits per heavy atom. The van der Waals surface area contributed by atoms with Gasteiger partial charge in [-0.25, -0.2) is 4.98 Å². The van der Waals surface area contributed by atoms with Crippen molar-refractivity contribution >= 4 is 17.3 Å². The van der Waals surface area contributed by atoms with Gasteiger partial charge in [-0.2, -0.15) is 9.61 Å². The van der Waals surface area contributed by atoms with E-state index >= 15 is 0 Å². The van der Waals surface area contributed by atoms with E-state index in [1.807, 2.05) is 16.8 Å². The van der Waals surface area contributed by atoms with E-state index in [1.54, 1.807) is 19.2 Å². The molecule has 156 valence electrons. The summed E-state index contributed by atoms with van der Waals surface area (Å²) in [5, 5.41) is 15.5. The quantitative estimate of drug-likeness (QED) is 0.611. The highest BCUT2D eigenvalue weighted by atomic mass is 16.2. The van der Waals surface area contributed by atoms with Gasteiger partial charge in [0.25, 0.3) is 0 Å². The first-order valence-corrected chi connectivity index (χ1v) is 10.3. The van der Waals surface area contributed by atoms with Crippen LogP contribution in [0.3, 0.4) is 0 Å². The van der Waals surface area contributed by atoms with Crippen LogP contribution in [0.2, 0.25) is 0 Å². The monoisotopic (exact) mass is 398 g/mol. The van der Waals surface area contributed by atoms with Crippen LogP contribution < -0.4 is 15.8 Å². The molecule has 0 aliphatic carbocycles. The van der Waals surface area contributed by atoms with E-state index < -0.39 is 0 Å². The number of fused-ring (bicyclic) bond motifs is 1. The minimum absolute atomic E-state index is 0.0906. The number of nitrogens with zero attached hydrogens (tertiary/aromatic N) is 4. The van der Waals surface area contributed by atoms with Crippen LogP contribution >= 0.6 is 0 Å². The molecule has 4 rings (SSSR count). The fraction of sp³-hybridized carbons (Fsp3) is 0.476. The average Bonchev–Trinajstić information content (AvgIpc) is 3.17. The fourth-order valence-electron chi connectivity index (χ4n) is 3.40. The van der Waals surface area contributed by atoms with E-state index in [2.05, 4.69) is 33.3 Å². The van der Waals surface area contributed by atoms with E-state index in [-0.39, 0.29) is 12.2 Å². The first kappa shape index (κ1) is 20.9. The van der Waals surface area contributed by atoms with Crippen molar-refractivity contribution in [2.45, 2.75) is 46.1 Å². The molecule has 0 amide bonds. The number of aliphatic hydroxyl groups excluding tert-OH is 1. The van der Waals surface area contributed by atoms with Gasteiger partial charge in [-0.1, -0.05) is 13.0 Å². The molecule has 3 N–H and O–H groups in total. The Kier molecular flexibility index (Phi) is 7.24. The van der Waals surface area contributed by atoms with E-state index in [0.29, 0.717) is 6.54 Å². The lowest BCUT2D eigenvalue weighted by Crippen LogP contribution is -2.30. The normalized spacial score (nSPS) is 13.8. The molecule has 8 nitrogen and oxygen atoms in total. The van der Waals surface area contributed by atoms with Crippen LogP contribution in [0.5, 0.6) is 0 Å². The predicted octanol–water partition coefficient (Wildman–Crippen LogP) is 2.58. The second kappa shape index (κ2) is 10.1. The third kappa shape index (κ3) is 5.14. The van der Waals surface area contributed by atoms with Gasteiger partial charge in [0, 0.05) is 50.1 Å². The summed E-state index contributed by atoms with van der Waals surface area (Å²) in [7, 11) is 0. The molecular weight excluding hydrogens is 368 g/mol. The molecule has 0 unspecified atom stereocenters. The van der Waals surface area contributed by atoms with Gasteiger partial charge in [0.15, 0.2) is 5.65 Å². The summed E-state index contributed by atoms with van der Waals surface area (Å²) < 4.78 is 1.87. The molecule has 8 heteroatoms. The Bertz CT molecular complexity index is 954.